The molecule has 0 fully saturated rings. The van der Waals surface area contributed by atoms with Crippen LogP contribution in [-0.4, -0.2) is 40.9 Å². The molecule has 0 saturated carbocycles. The summed E-state index contributed by atoms with van der Waals surface area (Å²) >= 11 is 6.27. The number of aromatic nitrogens is 2. The van der Waals surface area contributed by atoms with Gasteiger partial charge in [0.2, 0.25) is 0 Å². The zero-order chi connectivity index (χ0) is 14.4. The van der Waals surface area contributed by atoms with E-state index in [1.54, 1.807) is 0 Å². The molecule has 110 valence electrons. The van der Waals surface area contributed by atoms with E-state index >= 15 is 0 Å². The first-order valence-electron chi connectivity index (χ1n) is 7.10. The summed E-state index contributed by atoms with van der Waals surface area (Å²) < 4.78 is 1.98. The Balaban J connectivity index is 2.34. The van der Waals surface area contributed by atoms with Gasteiger partial charge >= 0.3 is 0 Å². The van der Waals surface area contributed by atoms with Crippen LogP contribution in [-0.2, 0) is 13.1 Å². The third kappa shape index (κ3) is 4.79. The highest BCUT2D eigenvalue weighted by atomic mass is 35.5. The van der Waals surface area contributed by atoms with Gasteiger partial charge in [-0.05, 0) is 54.3 Å². The van der Waals surface area contributed by atoms with E-state index in [4.69, 9.17) is 11.6 Å². The van der Waals surface area contributed by atoms with Gasteiger partial charge < -0.3 is 10.2 Å². The fraction of sp³-hybridized carbons (Fsp3) is 0.786. The fourth-order valence-electron chi connectivity index (χ4n) is 1.96. The molecule has 4 nitrogen and oxygen atoms in total. The third-order valence-electron chi connectivity index (χ3n) is 3.49. The monoisotopic (exact) mass is 286 g/mol. The molecule has 0 spiro atoms. The first-order chi connectivity index (χ1) is 8.97. The van der Waals surface area contributed by atoms with Crippen molar-refractivity contribution < 1.29 is 0 Å². The molecule has 0 aliphatic heterocycles. The number of hydrogen-bond donors (Lipinski definition) is 1. The van der Waals surface area contributed by atoms with Crippen LogP contribution in [0, 0.1) is 6.92 Å². The molecule has 19 heavy (non-hydrogen) atoms. The Hall–Kier alpha value is -0.580. The van der Waals surface area contributed by atoms with Gasteiger partial charge in [-0.3, -0.25) is 4.68 Å². The van der Waals surface area contributed by atoms with Crippen LogP contribution in [0.25, 0.3) is 0 Å². The molecule has 0 atom stereocenters. The van der Waals surface area contributed by atoms with Crippen molar-refractivity contribution in [2.75, 3.05) is 20.1 Å². The number of aryl methyl sites for hydroxylation is 2. The number of rotatable bonds is 8. The maximum absolute atomic E-state index is 6.27. The average Bonchev–Trinajstić information content (AvgIpc) is 2.65. The van der Waals surface area contributed by atoms with Crippen molar-refractivity contribution in [3.8, 4) is 0 Å². The Kier molecular flexibility index (Phi) is 6.83. The van der Waals surface area contributed by atoms with Crippen LogP contribution in [0.1, 0.15) is 38.6 Å². The van der Waals surface area contributed by atoms with E-state index in [1.165, 1.54) is 0 Å². The summed E-state index contributed by atoms with van der Waals surface area (Å²) in [7, 11) is 2.16. The van der Waals surface area contributed by atoms with E-state index in [-0.39, 0.29) is 0 Å². The molecule has 1 N–H and O–H groups in total. The summed E-state index contributed by atoms with van der Waals surface area (Å²) in [5.74, 6) is 0. The molecule has 0 unspecified atom stereocenters. The van der Waals surface area contributed by atoms with E-state index in [9.17, 15) is 0 Å². The lowest BCUT2D eigenvalue weighted by Gasteiger charge is -2.20. The maximum atomic E-state index is 6.27. The predicted molar refractivity (Wildman–Crippen MR) is 81.7 cm³/mol. The SMILES string of the molecule is CCn1nc(C)c(Cl)c1CNCCCN(C)C(C)C. The first-order valence-corrected chi connectivity index (χ1v) is 7.47. The van der Waals surface area contributed by atoms with Crippen LogP contribution >= 0.6 is 11.6 Å². The predicted octanol–water partition coefficient (Wildman–Crippen LogP) is 2.68. The van der Waals surface area contributed by atoms with Crippen molar-refractivity contribution in [1.29, 1.82) is 0 Å². The maximum Gasteiger partial charge on any atom is 0.0860 e. The lowest BCUT2D eigenvalue weighted by atomic mass is 10.3. The van der Waals surface area contributed by atoms with Gasteiger partial charge in [0.1, 0.15) is 0 Å². The lowest BCUT2D eigenvalue weighted by molar-refractivity contribution is 0.269. The minimum absolute atomic E-state index is 0.610. The van der Waals surface area contributed by atoms with Crippen molar-refractivity contribution in [1.82, 2.24) is 20.0 Å². The van der Waals surface area contributed by atoms with Crippen LogP contribution in [0.5, 0.6) is 0 Å². The third-order valence-corrected chi connectivity index (χ3v) is 3.98. The lowest BCUT2D eigenvalue weighted by Crippen LogP contribution is -2.29. The standard InChI is InChI=1S/C14H27ClN4/c1-6-19-13(14(15)12(4)17-19)10-16-8-7-9-18(5)11(2)3/h11,16H,6-10H2,1-5H3. The Labute approximate surface area is 122 Å². The highest BCUT2D eigenvalue weighted by Crippen LogP contribution is 2.19. The van der Waals surface area contributed by atoms with E-state index in [1.807, 2.05) is 11.6 Å². The summed E-state index contributed by atoms with van der Waals surface area (Å²) in [5.41, 5.74) is 2.01. The Morgan fingerprint density at radius 3 is 2.68 bits per heavy atom. The van der Waals surface area contributed by atoms with Crippen molar-refractivity contribution in [2.24, 2.45) is 0 Å². The summed E-state index contributed by atoms with van der Waals surface area (Å²) in [6.07, 6.45) is 1.14. The molecular formula is C14H27ClN4. The largest absolute Gasteiger partial charge is 0.311 e. The van der Waals surface area contributed by atoms with E-state index in [0.717, 1.165) is 49.0 Å². The highest BCUT2D eigenvalue weighted by Gasteiger charge is 2.11. The quantitative estimate of drug-likeness (QED) is 0.746. The number of halogens is 1. The van der Waals surface area contributed by atoms with Crippen LogP contribution in [0.15, 0.2) is 0 Å². The van der Waals surface area contributed by atoms with Gasteiger partial charge in [0.25, 0.3) is 0 Å². The summed E-state index contributed by atoms with van der Waals surface area (Å²) in [5, 5.41) is 8.67. The second-order valence-electron chi connectivity index (χ2n) is 5.27. The fourth-order valence-corrected chi connectivity index (χ4v) is 2.16. The molecule has 5 heteroatoms. The molecule has 0 aliphatic rings. The van der Waals surface area contributed by atoms with Crippen molar-refractivity contribution in [3.05, 3.63) is 16.4 Å². The molecule has 0 aliphatic carbocycles. The smallest absolute Gasteiger partial charge is 0.0860 e. The molecule has 1 aromatic rings. The summed E-state index contributed by atoms with van der Waals surface area (Å²) in [6.45, 7) is 12.2. The van der Waals surface area contributed by atoms with Gasteiger partial charge in [-0.15, -0.1) is 0 Å². The van der Waals surface area contributed by atoms with Gasteiger partial charge in [0.05, 0.1) is 16.4 Å². The van der Waals surface area contributed by atoms with Gasteiger partial charge in [0.15, 0.2) is 0 Å². The number of hydrogen-bond acceptors (Lipinski definition) is 3. The van der Waals surface area contributed by atoms with Crippen LogP contribution in [0.3, 0.4) is 0 Å². The molecule has 0 aromatic carbocycles. The zero-order valence-electron chi connectivity index (χ0n) is 12.8. The molecule has 1 rings (SSSR count). The number of nitrogens with zero attached hydrogens (tertiary/aromatic N) is 3. The molecule has 0 saturated heterocycles. The number of nitrogens with one attached hydrogen (secondary N) is 1. The molecule has 1 heterocycles. The minimum Gasteiger partial charge on any atom is -0.311 e. The van der Waals surface area contributed by atoms with Crippen LogP contribution < -0.4 is 5.32 Å². The molecule has 0 radical (unpaired) electrons. The minimum atomic E-state index is 0.610. The van der Waals surface area contributed by atoms with Crippen LogP contribution in [0.4, 0.5) is 0 Å². The second kappa shape index (κ2) is 7.88. The van der Waals surface area contributed by atoms with E-state index in [2.05, 4.69) is 43.1 Å². The summed E-state index contributed by atoms with van der Waals surface area (Å²) in [6, 6.07) is 0.610. The molecule has 0 amide bonds. The Bertz CT molecular complexity index is 387. The Morgan fingerprint density at radius 2 is 2.11 bits per heavy atom. The van der Waals surface area contributed by atoms with Crippen molar-refractivity contribution >= 4 is 11.6 Å². The average molecular weight is 287 g/mol. The van der Waals surface area contributed by atoms with Gasteiger partial charge in [-0.1, -0.05) is 11.6 Å². The molecule has 1 aromatic heterocycles. The van der Waals surface area contributed by atoms with Crippen LogP contribution in [0.2, 0.25) is 5.02 Å². The summed E-state index contributed by atoms with van der Waals surface area (Å²) in [4.78, 5) is 2.36. The zero-order valence-corrected chi connectivity index (χ0v) is 13.6. The highest BCUT2D eigenvalue weighted by molar-refractivity contribution is 6.31. The topological polar surface area (TPSA) is 33.1 Å². The normalized spacial score (nSPS) is 11.8. The first kappa shape index (κ1) is 16.5. The van der Waals surface area contributed by atoms with Gasteiger partial charge in [-0.25, -0.2) is 0 Å². The van der Waals surface area contributed by atoms with Gasteiger partial charge in [-0.2, -0.15) is 5.10 Å². The second-order valence-corrected chi connectivity index (χ2v) is 5.64. The Morgan fingerprint density at radius 1 is 1.42 bits per heavy atom. The molecule has 0 bridgehead atoms. The molecular weight excluding hydrogens is 260 g/mol. The van der Waals surface area contributed by atoms with E-state index in [0.29, 0.717) is 6.04 Å². The van der Waals surface area contributed by atoms with Crippen molar-refractivity contribution in [2.45, 2.75) is 53.2 Å². The van der Waals surface area contributed by atoms with Gasteiger partial charge in [0, 0.05) is 19.1 Å². The van der Waals surface area contributed by atoms with Crippen molar-refractivity contribution in [3.63, 3.8) is 0 Å². The van der Waals surface area contributed by atoms with E-state index < -0.39 is 0 Å².